The molecular formula is C10H22N2. The molecule has 1 saturated carbocycles. The maximum Gasteiger partial charge on any atom is 0.0284 e. The third kappa shape index (κ3) is 1.99. The molecule has 0 aromatic heterocycles. The average Bonchev–Trinajstić information content (AvgIpc) is 1.99. The van der Waals surface area contributed by atoms with Crippen molar-refractivity contribution in [1.29, 1.82) is 0 Å². The lowest BCUT2D eigenvalue weighted by atomic mass is 9.63. The van der Waals surface area contributed by atoms with E-state index in [1.807, 2.05) is 0 Å². The van der Waals surface area contributed by atoms with Crippen LogP contribution in [0.25, 0.3) is 0 Å². The molecule has 0 radical (unpaired) electrons. The van der Waals surface area contributed by atoms with E-state index in [1.54, 1.807) is 0 Å². The summed E-state index contributed by atoms with van der Waals surface area (Å²) in [5.41, 5.74) is 11.6. The molecule has 0 amide bonds. The summed E-state index contributed by atoms with van der Waals surface area (Å²) in [4.78, 5) is 0. The van der Waals surface area contributed by atoms with Crippen LogP contribution in [0.3, 0.4) is 0 Å². The quantitative estimate of drug-likeness (QED) is 0.671. The van der Waals surface area contributed by atoms with E-state index in [1.165, 1.54) is 12.8 Å². The van der Waals surface area contributed by atoms with E-state index in [-0.39, 0.29) is 5.54 Å². The van der Waals surface area contributed by atoms with Gasteiger partial charge in [0.05, 0.1) is 0 Å². The minimum absolute atomic E-state index is 0.00727. The van der Waals surface area contributed by atoms with Crippen molar-refractivity contribution in [2.24, 2.45) is 23.3 Å². The van der Waals surface area contributed by atoms with Gasteiger partial charge in [-0.3, -0.25) is 0 Å². The largest absolute Gasteiger partial charge is 0.329 e. The van der Waals surface area contributed by atoms with Gasteiger partial charge in [0.2, 0.25) is 0 Å². The number of hydrogen-bond donors (Lipinski definition) is 2. The van der Waals surface area contributed by atoms with Gasteiger partial charge < -0.3 is 11.5 Å². The minimum atomic E-state index is -0.00727. The maximum absolute atomic E-state index is 6.00. The van der Waals surface area contributed by atoms with Gasteiger partial charge in [0.1, 0.15) is 0 Å². The fraction of sp³-hybridized carbons (Fsp3) is 1.00. The van der Waals surface area contributed by atoms with E-state index in [2.05, 4.69) is 13.8 Å². The highest BCUT2D eigenvalue weighted by Gasteiger charge is 2.41. The first-order chi connectivity index (χ1) is 5.61. The predicted octanol–water partition coefficient (Wildman–Crippen LogP) is 1.49. The SMILES string of the molecule is CCCC(C)C1CC(N)(CN)C1. The van der Waals surface area contributed by atoms with Crippen LogP contribution >= 0.6 is 0 Å². The van der Waals surface area contributed by atoms with Gasteiger partial charge in [-0.1, -0.05) is 26.7 Å². The molecule has 1 fully saturated rings. The van der Waals surface area contributed by atoms with Crippen molar-refractivity contribution in [3.63, 3.8) is 0 Å². The lowest BCUT2D eigenvalue weighted by Gasteiger charge is -2.47. The van der Waals surface area contributed by atoms with Gasteiger partial charge in [-0.25, -0.2) is 0 Å². The van der Waals surface area contributed by atoms with Gasteiger partial charge in [-0.05, 0) is 24.7 Å². The first-order valence-electron chi connectivity index (χ1n) is 5.10. The normalized spacial score (nSPS) is 37.5. The molecule has 0 heterocycles. The van der Waals surface area contributed by atoms with Gasteiger partial charge in [-0.2, -0.15) is 0 Å². The van der Waals surface area contributed by atoms with Gasteiger partial charge in [0, 0.05) is 12.1 Å². The zero-order valence-electron chi connectivity index (χ0n) is 8.34. The Kier molecular flexibility index (Phi) is 3.13. The van der Waals surface area contributed by atoms with Crippen LogP contribution in [-0.2, 0) is 0 Å². The Bertz CT molecular complexity index is 139. The zero-order chi connectivity index (χ0) is 9.19. The van der Waals surface area contributed by atoms with Crippen molar-refractivity contribution in [2.45, 2.75) is 45.1 Å². The fourth-order valence-corrected chi connectivity index (χ4v) is 2.24. The minimum Gasteiger partial charge on any atom is -0.329 e. The lowest BCUT2D eigenvalue weighted by Crippen LogP contribution is -2.58. The van der Waals surface area contributed by atoms with Crippen molar-refractivity contribution in [3.05, 3.63) is 0 Å². The van der Waals surface area contributed by atoms with Crippen molar-refractivity contribution >= 4 is 0 Å². The molecule has 1 aliphatic rings. The second-order valence-electron chi connectivity index (χ2n) is 4.50. The van der Waals surface area contributed by atoms with Crippen LogP contribution in [0.4, 0.5) is 0 Å². The number of hydrogen-bond acceptors (Lipinski definition) is 2. The fourth-order valence-electron chi connectivity index (χ4n) is 2.24. The van der Waals surface area contributed by atoms with Crippen molar-refractivity contribution in [3.8, 4) is 0 Å². The second-order valence-corrected chi connectivity index (χ2v) is 4.50. The zero-order valence-corrected chi connectivity index (χ0v) is 8.34. The predicted molar refractivity (Wildman–Crippen MR) is 52.8 cm³/mol. The van der Waals surface area contributed by atoms with Crippen LogP contribution in [0.5, 0.6) is 0 Å². The average molecular weight is 170 g/mol. The molecule has 1 unspecified atom stereocenters. The summed E-state index contributed by atoms with van der Waals surface area (Å²) in [5.74, 6) is 1.69. The van der Waals surface area contributed by atoms with Gasteiger partial charge in [0.15, 0.2) is 0 Å². The van der Waals surface area contributed by atoms with E-state index < -0.39 is 0 Å². The van der Waals surface area contributed by atoms with Gasteiger partial charge in [0.25, 0.3) is 0 Å². The van der Waals surface area contributed by atoms with E-state index in [4.69, 9.17) is 11.5 Å². The summed E-state index contributed by atoms with van der Waals surface area (Å²) >= 11 is 0. The Labute approximate surface area is 75.7 Å². The molecule has 1 rings (SSSR count). The maximum atomic E-state index is 6.00. The molecule has 2 heteroatoms. The Morgan fingerprint density at radius 3 is 2.50 bits per heavy atom. The lowest BCUT2D eigenvalue weighted by molar-refractivity contribution is 0.100. The van der Waals surface area contributed by atoms with Crippen LogP contribution in [-0.4, -0.2) is 12.1 Å². The third-order valence-electron chi connectivity index (χ3n) is 3.29. The second kappa shape index (κ2) is 3.75. The summed E-state index contributed by atoms with van der Waals surface area (Å²) in [6.07, 6.45) is 4.92. The van der Waals surface area contributed by atoms with Crippen LogP contribution < -0.4 is 11.5 Å². The third-order valence-corrected chi connectivity index (χ3v) is 3.29. The highest BCUT2D eigenvalue weighted by molar-refractivity contribution is 5.00. The summed E-state index contributed by atoms with van der Waals surface area (Å²) in [6.45, 7) is 5.24. The van der Waals surface area contributed by atoms with Crippen molar-refractivity contribution in [2.75, 3.05) is 6.54 Å². The molecule has 4 N–H and O–H groups in total. The molecule has 1 aliphatic carbocycles. The summed E-state index contributed by atoms with van der Waals surface area (Å²) < 4.78 is 0. The Hall–Kier alpha value is -0.0800. The molecule has 0 aromatic carbocycles. The van der Waals surface area contributed by atoms with Gasteiger partial charge in [-0.15, -0.1) is 0 Å². The van der Waals surface area contributed by atoms with Crippen molar-refractivity contribution in [1.82, 2.24) is 0 Å². The van der Waals surface area contributed by atoms with E-state index >= 15 is 0 Å². The monoisotopic (exact) mass is 170 g/mol. The first-order valence-corrected chi connectivity index (χ1v) is 5.10. The van der Waals surface area contributed by atoms with Crippen LogP contribution in [0.2, 0.25) is 0 Å². The Morgan fingerprint density at radius 1 is 1.50 bits per heavy atom. The Balaban J connectivity index is 2.24. The molecule has 12 heavy (non-hydrogen) atoms. The standard InChI is InChI=1S/C10H22N2/c1-3-4-8(2)9-5-10(12,6-9)7-11/h8-9H,3-7,11-12H2,1-2H3. The van der Waals surface area contributed by atoms with Crippen LogP contribution in [0, 0.1) is 11.8 Å². The molecule has 0 aromatic rings. The van der Waals surface area contributed by atoms with E-state index in [0.717, 1.165) is 24.7 Å². The highest BCUT2D eigenvalue weighted by Crippen LogP contribution is 2.41. The first kappa shape index (κ1) is 10.0. The molecule has 72 valence electrons. The highest BCUT2D eigenvalue weighted by atomic mass is 14.8. The van der Waals surface area contributed by atoms with Crippen LogP contribution in [0.15, 0.2) is 0 Å². The molecular weight excluding hydrogens is 148 g/mol. The number of rotatable bonds is 4. The van der Waals surface area contributed by atoms with Crippen molar-refractivity contribution < 1.29 is 0 Å². The number of nitrogens with two attached hydrogens (primary N) is 2. The summed E-state index contributed by atoms with van der Waals surface area (Å²) in [5, 5.41) is 0. The van der Waals surface area contributed by atoms with E-state index in [0.29, 0.717) is 6.54 Å². The molecule has 1 atom stereocenters. The molecule has 0 aliphatic heterocycles. The molecule has 0 spiro atoms. The molecule has 0 saturated heterocycles. The van der Waals surface area contributed by atoms with Crippen LogP contribution in [0.1, 0.15) is 39.5 Å². The summed E-state index contributed by atoms with van der Waals surface area (Å²) in [6, 6.07) is 0. The summed E-state index contributed by atoms with van der Waals surface area (Å²) in [7, 11) is 0. The topological polar surface area (TPSA) is 52.0 Å². The molecule has 0 bridgehead atoms. The Morgan fingerprint density at radius 2 is 2.08 bits per heavy atom. The smallest absolute Gasteiger partial charge is 0.0284 e. The van der Waals surface area contributed by atoms with Gasteiger partial charge >= 0.3 is 0 Å². The molecule has 2 nitrogen and oxygen atoms in total. The van der Waals surface area contributed by atoms with E-state index in [9.17, 15) is 0 Å².